The van der Waals surface area contributed by atoms with E-state index in [1.54, 1.807) is 11.3 Å². The van der Waals surface area contributed by atoms with Crippen LogP contribution in [0.25, 0.3) is 0 Å². The van der Waals surface area contributed by atoms with Gasteiger partial charge in [-0.05, 0) is 17.9 Å². The van der Waals surface area contributed by atoms with Crippen LogP contribution in [-0.2, 0) is 11.2 Å². The lowest BCUT2D eigenvalue weighted by Crippen LogP contribution is -2.19. The molecule has 1 aromatic rings. The van der Waals surface area contributed by atoms with Gasteiger partial charge in [-0.25, -0.2) is 0 Å². The Balaban J connectivity index is 2.01. The number of hydrogen-bond donors (Lipinski definition) is 1. The molecule has 1 aliphatic rings. The first-order valence-electron chi connectivity index (χ1n) is 4.25. The number of hydrogen-bond acceptors (Lipinski definition) is 3. The number of rotatable bonds is 2. The molecule has 2 unspecified atom stereocenters. The molecule has 0 bridgehead atoms. The van der Waals surface area contributed by atoms with Crippen molar-refractivity contribution in [1.82, 2.24) is 0 Å². The molecule has 2 heterocycles. The Bertz CT molecular complexity index is 287. The number of ether oxygens (including phenoxy) is 1. The van der Waals surface area contributed by atoms with Crippen LogP contribution in [-0.4, -0.2) is 24.4 Å². The van der Waals surface area contributed by atoms with Gasteiger partial charge in [-0.3, -0.25) is 0 Å². The SMILES string of the molecule is OC1COCC1Cc1sccc1Cl. The summed E-state index contributed by atoms with van der Waals surface area (Å²) in [6, 6.07) is 1.89. The van der Waals surface area contributed by atoms with Gasteiger partial charge in [-0.2, -0.15) is 0 Å². The summed E-state index contributed by atoms with van der Waals surface area (Å²) in [5, 5.41) is 12.3. The van der Waals surface area contributed by atoms with Gasteiger partial charge in [0.15, 0.2) is 0 Å². The highest BCUT2D eigenvalue weighted by molar-refractivity contribution is 7.10. The molecule has 0 saturated carbocycles. The molecule has 0 spiro atoms. The molecule has 1 aliphatic heterocycles. The standard InChI is InChI=1S/C9H11ClO2S/c10-7-1-2-13-9(7)3-6-4-12-5-8(6)11/h1-2,6,8,11H,3-5H2. The highest BCUT2D eigenvalue weighted by Crippen LogP contribution is 2.27. The Morgan fingerprint density at radius 3 is 3.00 bits per heavy atom. The van der Waals surface area contributed by atoms with E-state index in [1.807, 2.05) is 11.4 Å². The van der Waals surface area contributed by atoms with Gasteiger partial charge < -0.3 is 9.84 Å². The smallest absolute Gasteiger partial charge is 0.0827 e. The van der Waals surface area contributed by atoms with Crippen LogP contribution in [0.1, 0.15) is 4.88 Å². The maximum Gasteiger partial charge on any atom is 0.0827 e. The van der Waals surface area contributed by atoms with E-state index in [0.717, 1.165) is 16.3 Å². The molecule has 2 atom stereocenters. The molecule has 0 amide bonds. The van der Waals surface area contributed by atoms with Crippen molar-refractivity contribution in [2.75, 3.05) is 13.2 Å². The number of aliphatic hydroxyl groups is 1. The van der Waals surface area contributed by atoms with Gasteiger partial charge in [-0.1, -0.05) is 11.6 Å². The van der Waals surface area contributed by atoms with Crippen molar-refractivity contribution in [1.29, 1.82) is 0 Å². The summed E-state index contributed by atoms with van der Waals surface area (Å²) in [4.78, 5) is 1.15. The fourth-order valence-corrected chi connectivity index (χ4v) is 2.70. The first kappa shape index (κ1) is 9.46. The normalized spacial score (nSPS) is 28.2. The topological polar surface area (TPSA) is 29.5 Å². The summed E-state index contributed by atoms with van der Waals surface area (Å²) >= 11 is 7.59. The second-order valence-corrected chi connectivity index (χ2v) is 4.67. The zero-order valence-electron chi connectivity index (χ0n) is 7.07. The molecule has 0 aromatic carbocycles. The van der Waals surface area contributed by atoms with Crippen LogP contribution in [0.4, 0.5) is 0 Å². The van der Waals surface area contributed by atoms with Gasteiger partial charge in [0.05, 0.1) is 24.3 Å². The molecule has 1 fully saturated rings. The van der Waals surface area contributed by atoms with Gasteiger partial charge >= 0.3 is 0 Å². The van der Waals surface area contributed by atoms with Crippen LogP contribution in [0.5, 0.6) is 0 Å². The molecule has 2 nitrogen and oxygen atoms in total. The lowest BCUT2D eigenvalue weighted by molar-refractivity contribution is 0.118. The largest absolute Gasteiger partial charge is 0.390 e. The van der Waals surface area contributed by atoms with Crippen molar-refractivity contribution in [3.8, 4) is 0 Å². The van der Waals surface area contributed by atoms with E-state index in [-0.39, 0.29) is 12.0 Å². The maximum absolute atomic E-state index is 9.52. The molecular weight excluding hydrogens is 208 g/mol. The average Bonchev–Trinajstić information content (AvgIpc) is 2.65. The highest BCUT2D eigenvalue weighted by Gasteiger charge is 2.27. The molecule has 4 heteroatoms. The van der Waals surface area contributed by atoms with Gasteiger partial charge in [0, 0.05) is 10.8 Å². The van der Waals surface area contributed by atoms with E-state index < -0.39 is 0 Å². The van der Waals surface area contributed by atoms with E-state index in [4.69, 9.17) is 16.3 Å². The zero-order valence-corrected chi connectivity index (χ0v) is 8.64. The Morgan fingerprint density at radius 2 is 2.46 bits per heavy atom. The van der Waals surface area contributed by atoms with Crippen LogP contribution < -0.4 is 0 Å². The number of aliphatic hydroxyl groups excluding tert-OH is 1. The monoisotopic (exact) mass is 218 g/mol. The first-order chi connectivity index (χ1) is 6.27. The van der Waals surface area contributed by atoms with Crippen LogP contribution in [0.15, 0.2) is 11.4 Å². The minimum atomic E-state index is -0.321. The second-order valence-electron chi connectivity index (χ2n) is 3.26. The lowest BCUT2D eigenvalue weighted by atomic mass is 10.0. The molecule has 1 N–H and O–H groups in total. The molecule has 72 valence electrons. The molecule has 0 radical (unpaired) electrons. The predicted octanol–water partition coefficient (Wildman–Crippen LogP) is 1.95. The fourth-order valence-electron chi connectivity index (χ4n) is 1.49. The van der Waals surface area contributed by atoms with Crippen LogP contribution in [0, 0.1) is 5.92 Å². The molecule has 13 heavy (non-hydrogen) atoms. The van der Waals surface area contributed by atoms with E-state index in [9.17, 15) is 5.11 Å². The van der Waals surface area contributed by atoms with Crippen molar-refractivity contribution in [3.63, 3.8) is 0 Å². The summed E-state index contributed by atoms with van der Waals surface area (Å²) in [7, 11) is 0. The maximum atomic E-state index is 9.52. The Kier molecular flexibility index (Phi) is 2.89. The second kappa shape index (κ2) is 3.96. The van der Waals surface area contributed by atoms with Crippen molar-refractivity contribution in [2.24, 2.45) is 5.92 Å². The third kappa shape index (κ3) is 2.05. The molecule has 1 aromatic heterocycles. The fraction of sp³-hybridized carbons (Fsp3) is 0.556. The summed E-state index contributed by atoms with van der Waals surface area (Å²) in [6.45, 7) is 1.11. The zero-order chi connectivity index (χ0) is 9.26. The molecule has 0 aliphatic carbocycles. The Labute approximate surface area is 86.1 Å². The highest BCUT2D eigenvalue weighted by atomic mass is 35.5. The molecule has 1 saturated heterocycles. The average molecular weight is 219 g/mol. The van der Waals surface area contributed by atoms with E-state index in [2.05, 4.69) is 0 Å². The summed E-state index contributed by atoms with van der Waals surface area (Å²) in [5.41, 5.74) is 0. The Morgan fingerprint density at radius 1 is 1.62 bits per heavy atom. The van der Waals surface area contributed by atoms with Gasteiger partial charge in [0.25, 0.3) is 0 Å². The van der Waals surface area contributed by atoms with Crippen LogP contribution >= 0.6 is 22.9 Å². The first-order valence-corrected chi connectivity index (χ1v) is 5.51. The molecular formula is C9H11ClO2S. The minimum absolute atomic E-state index is 0.219. The van der Waals surface area contributed by atoms with Crippen molar-refractivity contribution < 1.29 is 9.84 Å². The third-order valence-electron chi connectivity index (χ3n) is 2.30. The summed E-state index contributed by atoms with van der Waals surface area (Å²) < 4.78 is 5.17. The van der Waals surface area contributed by atoms with E-state index >= 15 is 0 Å². The predicted molar refractivity (Wildman–Crippen MR) is 53.3 cm³/mol. The quantitative estimate of drug-likeness (QED) is 0.823. The number of thiophene rings is 1. The van der Waals surface area contributed by atoms with Gasteiger partial charge in [0.2, 0.25) is 0 Å². The van der Waals surface area contributed by atoms with Crippen LogP contribution in [0.2, 0.25) is 5.02 Å². The number of halogens is 1. The molecule has 2 rings (SSSR count). The van der Waals surface area contributed by atoms with Gasteiger partial charge in [0.1, 0.15) is 0 Å². The third-order valence-corrected chi connectivity index (χ3v) is 3.71. The van der Waals surface area contributed by atoms with E-state index in [1.165, 1.54) is 0 Å². The van der Waals surface area contributed by atoms with Crippen molar-refractivity contribution in [3.05, 3.63) is 21.3 Å². The lowest BCUT2D eigenvalue weighted by Gasteiger charge is -2.10. The van der Waals surface area contributed by atoms with E-state index in [0.29, 0.717) is 13.2 Å². The summed E-state index contributed by atoms with van der Waals surface area (Å²) in [5.74, 6) is 0.219. The van der Waals surface area contributed by atoms with Gasteiger partial charge in [-0.15, -0.1) is 11.3 Å². The van der Waals surface area contributed by atoms with Crippen LogP contribution in [0.3, 0.4) is 0 Å². The van der Waals surface area contributed by atoms with Crippen molar-refractivity contribution in [2.45, 2.75) is 12.5 Å². The Hall–Kier alpha value is -0.0900. The minimum Gasteiger partial charge on any atom is -0.390 e. The van der Waals surface area contributed by atoms with Crippen molar-refractivity contribution >= 4 is 22.9 Å². The summed E-state index contributed by atoms with van der Waals surface area (Å²) in [6.07, 6.45) is 0.510.